The number of ether oxygens (including phenoxy) is 1. The number of hydrogen-bond acceptors (Lipinski definition) is 5. The molecule has 0 unspecified atom stereocenters. The highest BCUT2D eigenvalue weighted by molar-refractivity contribution is 5.95. The topological polar surface area (TPSA) is 68.5 Å². The van der Waals surface area contributed by atoms with E-state index in [2.05, 4.69) is 9.97 Å². The van der Waals surface area contributed by atoms with Gasteiger partial charge in [0.1, 0.15) is 11.6 Å². The second-order valence-corrected chi connectivity index (χ2v) is 6.42. The summed E-state index contributed by atoms with van der Waals surface area (Å²) >= 11 is 0. The van der Waals surface area contributed by atoms with Crippen molar-refractivity contribution in [3.8, 4) is 0 Å². The molecule has 3 heterocycles. The Morgan fingerprint density at radius 1 is 1.36 bits per heavy atom. The highest BCUT2D eigenvalue weighted by Gasteiger charge is 2.28. The molecular weight excluding hydrogens is 318 g/mol. The lowest BCUT2D eigenvalue weighted by atomic mass is 9.90. The Kier molecular flexibility index (Phi) is 5.48. The van der Waals surface area contributed by atoms with Crippen molar-refractivity contribution in [2.24, 2.45) is 0 Å². The van der Waals surface area contributed by atoms with Gasteiger partial charge < -0.3 is 14.1 Å². The average Bonchev–Trinajstić information content (AvgIpc) is 3.06. The second-order valence-electron chi connectivity index (χ2n) is 6.42. The summed E-state index contributed by atoms with van der Waals surface area (Å²) in [7, 11) is 0. The Bertz CT molecular complexity index is 733. The molecule has 0 N–H and O–H groups in total. The number of furan rings is 1. The third kappa shape index (κ3) is 3.90. The van der Waals surface area contributed by atoms with Crippen LogP contribution >= 0.6 is 0 Å². The second kappa shape index (κ2) is 7.78. The van der Waals surface area contributed by atoms with E-state index in [1.54, 1.807) is 12.3 Å². The van der Waals surface area contributed by atoms with E-state index >= 15 is 0 Å². The van der Waals surface area contributed by atoms with Crippen LogP contribution in [0.25, 0.3) is 0 Å². The standard InChI is InChI=1S/C19H25N3O3/c1-4-24-12-16-11-20-14(3)21-18(16)15-5-8-22(9-6-15)19(23)17-7-10-25-13(17)2/h7,10-11,15H,4-6,8-9,12H2,1-3H3. The van der Waals surface area contributed by atoms with Gasteiger partial charge in [0.2, 0.25) is 0 Å². The number of rotatable bonds is 5. The quantitative estimate of drug-likeness (QED) is 0.833. The number of hydrogen-bond donors (Lipinski definition) is 0. The third-order valence-corrected chi connectivity index (χ3v) is 4.74. The van der Waals surface area contributed by atoms with Crippen LogP contribution in [0.15, 0.2) is 22.9 Å². The van der Waals surface area contributed by atoms with Crippen LogP contribution in [0.2, 0.25) is 0 Å². The van der Waals surface area contributed by atoms with Crippen molar-refractivity contribution in [2.75, 3.05) is 19.7 Å². The van der Waals surface area contributed by atoms with E-state index in [0.29, 0.717) is 30.5 Å². The molecule has 1 saturated heterocycles. The molecule has 3 rings (SSSR count). The Hall–Kier alpha value is -2.21. The van der Waals surface area contributed by atoms with Crippen molar-refractivity contribution < 1.29 is 13.9 Å². The van der Waals surface area contributed by atoms with Crippen LogP contribution in [0.1, 0.15) is 58.9 Å². The number of piperidine rings is 1. The average molecular weight is 343 g/mol. The Morgan fingerprint density at radius 3 is 2.76 bits per heavy atom. The molecule has 6 nitrogen and oxygen atoms in total. The minimum atomic E-state index is 0.0538. The maximum absolute atomic E-state index is 12.6. The maximum Gasteiger partial charge on any atom is 0.257 e. The molecule has 1 amide bonds. The largest absolute Gasteiger partial charge is 0.469 e. The first-order chi connectivity index (χ1) is 12.1. The number of nitrogens with zero attached hydrogens (tertiary/aromatic N) is 3. The minimum absolute atomic E-state index is 0.0538. The molecule has 2 aromatic rings. The van der Waals surface area contributed by atoms with Crippen molar-refractivity contribution in [1.82, 2.24) is 14.9 Å². The molecule has 1 fully saturated rings. The predicted octanol–water partition coefficient (Wildman–Crippen LogP) is 3.24. The Morgan fingerprint density at radius 2 is 2.12 bits per heavy atom. The van der Waals surface area contributed by atoms with Gasteiger partial charge in [0.15, 0.2) is 0 Å². The van der Waals surface area contributed by atoms with Crippen LogP contribution < -0.4 is 0 Å². The zero-order valence-electron chi connectivity index (χ0n) is 15.1. The first-order valence-electron chi connectivity index (χ1n) is 8.83. The summed E-state index contributed by atoms with van der Waals surface area (Å²) in [4.78, 5) is 23.5. The third-order valence-electron chi connectivity index (χ3n) is 4.74. The first-order valence-corrected chi connectivity index (χ1v) is 8.83. The summed E-state index contributed by atoms with van der Waals surface area (Å²) in [6.45, 7) is 8.38. The molecule has 2 aromatic heterocycles. The van der Waals surface area contributed by atoms with E-state index in [4.69, 9.17) is 9.15 Å². The number of amides is 1. The lowest BCUT2D eigenvalue weighted by Gasteiger charge is -2.32. The van der Waals surface area contributed by atoms with E-state index in [-0.39, 0.29) is 5.91 Å². The molecule has 1 aliphatic heterocycles. The zero-order chi connectivity index (χ0) is 17.8. The number of likely N-dealkylation sites (tertiary alicyclic amines) is 1. The zero-order valence-corrected chi connectivity index (χ0v) is 15.1. The van der Waals surface area contributed by atoms with Crippen LogP contribution in [0.3, 0.4) is 0 Å². The summed E-state index contributed by atoms with van der Waals surface area (Å²) in [5.74, 6) is 1.85. The van der Waals surface area contributed by atoms with E-state index in [9.17, 15) is 4.79 Å². The van der Waals surface area contributed by atoms with Gasteiger partial charge >= 0.3 is 0 Å². The van der Waals surface area contributed by atoms with E-state index in [1.807, 2.05) is 31.9 Å². The van der Waals surface area contributed by atoms with Gasteiger partial charge in [0, 0.05) is 37.4 Å². The fraction of sp³-hybridized carbons (Fsp3) is 0.526. The van der Waals surface area contributed by atoms with E-state index in [0.717, 1.165) is 43.0 Å². The fourth-order valence-electron chi connectivity index (χ4n) is 3.32. The van der Waals surface area contributed by atoms with Gasteiger partial charge in [-0.3, -0.25) is 4.79 Å². The Balaban J connectivity index is 1.69. The summed E-state index contributed by atoms with van der Waals surface area (Å²) in [6.07, 6.45) is 5.25. The van der Waals surface area contributed by atoms with Gasteiger partial charge in [0.05, 0.1) is 24.1 Å². The van der Waals surface area contributed by atoms with Crippen molar-refractivity contribution in [3.63, 3.8) is 0 Å². The molecular formula is C19H25N3O3. The summed E-state index contributed by atoms with van der Waals surface area (Å²) < 4.78 is 10.8. The van der Waals surface area contributed by atoms with Crippen LogP contribution in [-0.4, -0.2) is 40.5 Å². The Labute approximate surface area is 148 Å². The van der Waals surface area contributed by atoms with E-state index in [1.165, 1.54) is 0 Å². The summed E-state index contributed by atoms with van der Waals surface area (Å²) in [6, 6.07) is 1.75. The summed E-state index contributed by atoms with van der Waals surface area (Å²) in [5.41, 5.74) is 2.80. The molecule has 1 aliphatic rings. The van der Waals surface area contributed by atoms with Crippen LogP contribution in [0.5, 0.6) is 0 Å². The van der Waals surface area contributed by atoms with Gasteiger partial charge in [-0.1, -0.05) is 0 Å². The fourth-order valence-corrected chi connectivity index (χ4v) is 3.32. The molecule has 134 valence electrons. The lowest BCUT2D eigenvalue weighted by Crippen LogP contribution is -2.38. The molecule has 0 atom stereocenters. The predicted molar refractivity (Wildman–Crippen MR) is 93.4 cm³/mol. The normalized spacial score (nSPS) is 15.6. The van der Waals surface area contributed by atoms with Crippen molar-refractivity contribution in [3.05, 3.63) is 46.9 Å². The smallest absolute Gasteiger partial charge is 0.257 e. The highest BCUT2D eigenvalue weighted by atomic mass is 16.5. The molecule has 0 aromatic carbocycles. The highest BCUT2D eigenvalue weighted by Crippen LogP contribution is 2.30. The molecule has 0 radical (unpaired) electrons. The molecule has 0 saturated carbocycles. The number of carbonyl (C=O) groups excluding carboxylic acids is 1. The van der Waals surface area contributed by atoms with Crippen molar-refractivity contribution in [1.29, 1.82) is 0 Å². The monoisotopic (exact) mass is 343 g/mol. The van der Waals surface area contributed by atoms with E-state index < -0.39 is 0 Å². The van der Waals surface area contributed by atoms with Crippen LogP contribution in [0, 0.1) is 13.8 Å². The molecule has 6 heteroatoms. The molecule has 25 heavy (non-hydrogen) atoms. The molecule has 0 aliphatic carbocycles. The van der Waals surface area contributed by atoms with Gasteiger partial charge in [-0.25, -0.2) is 9.97 Å². The van der Waals surface area contributed by atoms with Gasteiger partial charge in [-0.2, -0.15) is 0 Å². The number of carbonyl (C=O) groups is 1. The van der Waals surface area contributed by atoms with Gasteiger partial charge in [-0.15, -0.1) is 0 Å². The molecule has 0 spiro atoms. The van der Waals surface area contributed by atoms with Gasteiger partial charge in [-0.05, 0) is 39.7 Å². The lowest BCUT2D eigenvalue weighted by molar-refractivity contribution is 0.0708. The minimum Gasteiger partial charge on any atom is -0.469 e. The van der Waals surface area contributed by atoms with Crippen LogP contribution in [-0.2, 0) is 11.3 Å². The first kappa shape index (κ1) is 17.6. The summed E-state index contributed by atoms with van der Waals surface area (Å²) in [5, 5.41) is 0. The van der Waals surface area contributed by atoms with Gasteiger partial charge in [0.25, 0.3) is 5.91 Å². The number of aromatic nitrogens is 2. The van der Waals surface area contributed by atoms with Crippen molar-refractivity contribution >= 4 is 5.91 Å². The van der Waals surface area contributed by atoms with Crippen molar-refractivity contribution in [2.45, 2.75) is 46.1 Å². The molecule has 0 bridgehead atoms. The number of aryl methyl sites for hydroxylation is 2. The van der Waals surface area contributed by atoms with Crippen LogP contribution in [0.4, 0.5) is 0 Å². The maximum atomic E-state index is 12.6. The SMILES string of the molecule is CCOCc1cnc(C)nc1C1CCN(C(=O)c2ccoc2C)CC1.